The maximum absolute atomic E-state index is 13.7. The van der Waals surface area contributed by atoms with Crippen LogP contribution in [0.2, 0.25) is 0 Å². The highest BCUT2D eigenvalue weighted by molar-refractivity contribution is 7.89. The molecule has 5 aromatic rings. The molecule has 0 unspecified atom stereocenters. The van der Waals surface area contributed by atoms with E-state index >= 15 is 0 Å². The summed E-state index contributed by atoms with van der Waals surface area (Å²) in [6.45, 7) is 0.504. The van der Waals surface area contributed by atoms with Gasteiger partial charge in [0.15, 0.2) is 5.69 Å². The zero-order chi connectivity index (χ0) is 23.3. The SMILES string of the molecule is Cn1nc(-c2nnc(-c3ccccc3)o2)c2c1CCN(S(=O)(=O)c1cccc3cccnc13)C2. The van der Waals surface area contributed by atoms with Crippen molar-refractivity contribution < 1.29 is 12.8 Å². The number of nitrogens with zero attached hydrogens (tertiary/aromatic N) is 6. The van der Waals surface area contributed by atoms with Crippen LogP contribution in [-0.4, -0.2) is 44.2 Å². The molecule has 1 aliphatic rings. The number of aryl methyl sites for hydroxylation is 1. The molecule has 0 spiro atoms. The molecule has 10 heteroatoms. The summed E-state index contributed by atoms with van der Waals surface area (Å²) in [4.78, 5) is 4.53. The summed E-state index contributed by atoms with van der Waals surface area (Å²) in [6.07, 6.45) is 2.13. The minimum absolute atomic E-state index is 0.160. The Morgan fingerprint density at radius 1 is 0.941 bits per heavy atom. The molecule has 0 fully saturated rings. The fourth-order valence-corrected chi connectivity index (χ4v) is 5.96. The van der Waals surface area contributed by atoms with Crippen LogP contribution in [0.3, 0.4) is 0 Å². The third-order valence-corrected chi connectivity index (χ3v) is 7.95. The van der Waals surface area contributed by atoms with Crippen LogP contribution in [-0.2, 0) is 30.0 Å². The number of para-hydroxylation sites is 1. The van der Waals surface area contributed by atoms with Crippen molar-refractivity contribution in [2.75, 3.05) is 6.54 Å². The molecular weight excluding hydrogens is 452 g/mol. The van der Waals surface area contributed by atoms with Crippen LogP contribution in [0.1, 0.15) is 11.3 Å². The second-order valence-electron chi connectivity index (χ2n) is 8.10. The Morgan fingerprint density at radius 3 is 2.59 bits per heavy atom. The van der Waals surface area contributed by atoms with E-state index in [0.29, 0.717) is 30.1 Å². The topological polar surface area (TPSA) is 107 Å². The van der Waals surface area contributed by atoms with E-state index in [1.807, 2.05) is 49.5 Å². The van der Waals surface area contributed by atoms with E-state index < -0.39 is 10.0 Å². The van der Waals surface area contributed by atoms with E-state index in [1.165, 1.54) is 4.31 Å². The zero-order valence-corrected chi connectivity index (χ0v) is 19.1. The number of pyridine rings is 1. The van der Waals surface area contributed by atoms with E-state index in [0.717, 1.165) is 22.2 Å². The molecule has 4 heterocycles. The molecular formula is C24H20N6O3S. The zero-order valence-electron chi connectivity index (χ0n) is 18.3. The number of sulfonamides is 1. The molecule has 34 heavy (non-hydrogen) atoms. The van der Waals surface area contributed by atoms with Crippen molar-refractivity contribution in [2.45, 2.75) is 17.9 Å². The maximum atomic E-state index is 13.7. The van der Waals surface area contributed by atoms with Crippen LogP contribution in [0, 0.1) is 0 Å². The molecule has 0 amide bonds. The van der Waals surface area contributed by atoms with Gasteiger partial charge >= 0.3 is 0 Å². The van der Waals surface area contributed by atoms with Gasteiger partial charge < -0.3 is 4.42 Å². The van der Waals surface area contributed by atoms with Gasteiger partial charge in [-0.05, 0) is 24.3 Å². The molecule has 6 rings (SSSR count). The van der Waals surface area contributed by atoms with Gasteiger partial charge in [-0.25, -0.2) is 8.42 Å². The lowest BCUT2D eigenvalue weighted by Gasteiger charge is -2.27. The predicted octanol–water partition coefficient (Wildman–Crippen LogP) is 3.43. The highest BCUT2D eigenvalue weighted by Gasteiger charge is 2.34. The van der Waals surface area contributed by atoms with Crippen LogP contribution >= 0.6 is 0 Å². The van der Waals surface area contributed by atoms with E-state index in [1.54, 1.807) is 29.1 Å². The minimum atomic E-state index is -3.79. The fraction of sp³-hybridized carbons (Fsp3) is 0.167. The van der Waals surface area contributed by atoms with Crippen LogP contribution in [0.5, 0.6) is 0 Å². The second-order valence-corrected chi connectivity index (χ2v) is 10.0. The van der Waals surface area contributed by atoms with Gasteiger partial charge in [-0.2, -0.15) is 9.40 Å². The summed E-state index contributed by atoms with van der Waals surface area (Å²) in [7, 11) is -1.95. The minimum Gasteiger partial charge on any atom is -0.415 e. The van der Waals surface area contributed by atoms with E-state index in [2.05, 4.69) is 20.3 Å². The van der Waals surface area contributed by atoms with Crippen LogP contribution < -0.4 is 0 Å². The van der Waals surface area contributed by atoms with Crippen molar-refractivity contribution in [3.63, 3.8) is 0 Å². The smallest absolute Gasteiger partial charge is 0.268 e. The molecule has 0 saturated carbocycles. The van der Waals surface area contributed by atoms with Crippen LogP contribution in [0.25, 0.3) is 33.9 Å². The van der Waals surface area contributed by atoms with Crippen molar-refractivity contribution in [1.82, 2.24) is 29.3 Å². The fourth-order valence-electron chi connectivity index (χ4n) is 4.38. The molecule has 0 saturated heterocycles. The van der Waals surface area contributed by atoms with Crippen LogP contribution in [0.15, 0.2) is 76.2 Å². The molecule has 0 radical (unpaired) electrons. The first kappa shape index (κ1) is 20.7. The highest BCUT2D eigenvalue weighted by atomic mass is 32.2. The van der Waals surface area contributed by atoms with E-state index in [-0.39, 0.29) is 17.3 Å². The highest BCUT2D eigenvalue weighted by Crippen LogP contribution is 2.33. The summed E-state index contributed by atoms with van der Waals surface area (Å²) >= 11 is 0. The Labute approximate surface area is 195 Å². The van der Waals surface area contributed by atoms with Gasteiger partial charge in [0.2, 0.25) is 15.9 Å². The average Bonchev–Trinajstić information content (AvgIpc) is 3.49. The number of hydrogen-bond donors (Lipinski definition) is 0. The number of rotatable bonds is 4. The number of aromatic nitrogens is 5. The molecule has 3 aromatic heterocycles. The Kier molecular flexibility index (Phi) is 4.78. The Bertz CT molecular complexity index is 1620. The van der Waals surface area contributed by atoms with Crippen molar-refractivity contribution in [1.29, 1.82) is 0 Å². The standard InChI is InChI=1S/C24H20N6O3S/c1-29-19-12-14-30(34(31,32)20-11-5-9-16-10-6-13-25-21(16)20)15-18(19)22(28-29)24-27-26-23(33-24)17-7-3-2-4-8-17/h2-11,13H,12,14-15H2,1H3. The van der Waals surface area contributed by atoms with Gasteiger partial charge in [-0.3, -0.25) is 9.67 Å². The van der Waals surface area contributed by atoms with Gasteiger partial charge in [0.05, 0.1) is 5.52 Å². The van der Waals surface area contributed by atoms with Crippen molar-refractivity contribution in [3.05, 3.63) is 78.1 Å². The molecule has 0 bridgehead atoms. The first-order valence-electron chi connectivity index (χ1n) is 10.8. The second kappa shape index (κ2) is 7.86. The molecule has 0 N–H and O–H groups in total. The number of fused-ring (bicyclic) bond motifs is 2. The van der Waals surface area contributed by atoms with Crippen LogP contribution in [0.4, 0.5) is 0 Å². The van der Waals surface area contributed by atoms with Gasteiger partial charge in [0.1, 0.15) is 4.90 Å². The Balaban J connectivity index is 1.39. The Morgan fingerprint density at radius 2 is 1.74 bits per heavy atom. The van der Waals surface area contributed by atoms with Gasteiger partial charge in [0.25, 0.3) is 5.89 Å². The first-order valence-corrected chi connectivity index (χ1v) is 12.2. The lowest BCUT2D eigenvalue weighted by molar-refractivity contribution is 0.386. The van der Waals surface area contributed by atoms with Crippen molar-refractivity contribution in [2.24, 2.45) is 7.05 Å². The number of benzene rings is 2. The summed E-state index contributed by atoms with van der Waals surface area (Å²) in [6, 6.07) is 18.3. The molecule has 1 aliphatic heterocycles. The van der Waals surface area contributed by atoms with Crippen molar-refractivity contribution in [3.8, 4) is 23.0 Å². The molecule has 2 aromatic carbocycles. The summed E-state index contributed by atoms with van der Waals surface area (Å²) in [5, 5.41) is 13.7. The third-order valence-electron chi connectivity index (χ3n) is 6.07. The normalized spacial score (nSPS) is 14.4. The van der Waals surface area contributed by atoms with Gasteiger partial charge in [0, 0.05) is 55.0 Å². The number of hydrogen-bond acceptors (Lipinski definition) is 7. The van der Waals surface area contributed by atoms with Gasteiger partial charge in [-0.1, -0.05) is 36.4 Å². The largest absolute Gasteiger partial charge is 0.415 e. The lowest BCUT2D eigenvalue weighted by Crippen LogP contribution is -2.36. The first-order chi connectivity index (χ1) is 16.5. The summed E-state index contributed by atoms with van der Waals surface area (Å²) < 4.78 is 36.5. The van der Waals surface area contributed by atoms with E-state index in [9.17, 15) is 8.42 Å². The quantitative estimate of drug-likeness (QED) is 0.394. The summed E-state index contributed by atoms with van der Waals surface area (Å²) in [5.41, 5.74) is 3.50. The third kappa shape index (κ3) is 3.30. The monoisotopic (exact) mass is 472 g/mol. The Hall–Kier alpha value is -3.89. The summed E-state index contributed by atoms with van der Waals surface area (Å²) in [5.74, 6) is 0.652. The molecule has 0 aliphatic carbocycles. The van der Waals surface area contributed by atoms with Gasteiger partial charge in [-0.15, -0.1) is 10.2 Å². The molecule has 170 valence electrons. The maximum Gasteiger partial charge on any atom is 0.268 e. The molecule has 0 atom stereocenters. The molecule has 9 nitrogen and oxygen atoms in total. The lowest BCUT2D eigenvalue weighted by atomic mass is 10.1. The van der Waals surface area contributed by atoms with E-state index in [4.69, 9.17) is 4.42 Å². The van der Waals surface area contributed by atoms with Crippen molar-refractivity contribution >= 4 is 20.9 Å². The predicted molar refractivity (Wildman–Crippen MR) is 125 cm³/mol. The average molecular weight is 473 g/mol.